The average molecular weight is 661 g/mol. The van der Waals surface area contributed by atoms with E-state index in [1.807, 2.05) is 0 Å². The molecule has 0 bridgehead atoms. The molecule has 0 heterocycles. The fourth-order valence-corrected chi connectivity index (χ4v) is 6.39. The predicted molar refractivity (Wildman–Crippen MR) is 194 cm³/mol. The Balaban J connectivity index is 3.68. The first-order valence-electron chi connectivity index (χ1n) is 19.7. The molecule has 0 aromatic heterocycles. The summed E-state index contributed by atoms with van der Waals surface area (Å²) in [5, 5.41) is 0. The minimum atomic E-state index is 0.144. The number of carbonyl (C=O) groups is 6. The number of carbonyl (C=O) groups excluding carboxylic acids is 6. The first kappa shape index (κ1) is 45.0. The van der Waals surface area contributed by atoms with Crippen molar-refractivity contribution in [1.82, 2.24) is 0 Å². The van der Waals surface area contributed by atoms with E-state index >= 15 is 0 Å². The summed E-state index contributed by atoms with van der Waals surface area (Å²) in [5.74, 6) is 2.73. The van der Waals surface area contributed by atoms with Gasteiger partial charge in [-0.25, -0.2) is 0 Å². The third-order valence-electron chi connectivity index (χ3n) is 10.0. The predicted octanol–water partition coefficient (Wildman–Crippen LogP) is 11.0. The van der Waals surface area contributed by atoms with Gasteiger partial charge in [-0.2, -0.15) is 0 Å². The van der Waals surface area contributed by atoms with E-state index in [9.17, 15) is 28.8 Å². The van der Waals surface area contributed by atoms with Crippen LogP contribution >= 0.6 is 0 Å². The second-order valence-electron chi connectivity index (χ2n) is 14.1. The summed E-state index contributed by atoms with van der Waals surface area (Å²) in [5.41, 5.74) is 0. The molecule has 47 heavy (non-hydrogen) atoms. The standard InChI is InChI=1S/C41H72O6/c1-5-34(6-2)20-9-11-22-36(42)28-17-30-38(44)24-13-15-26-40(46)32-19-33-41(47)27-16-14-25-39(45)31-18-29-37(43)23-12-10-21-35(7-3)8-4/h34-35H,5-33H2,1-4H3. The molecular weight excluding hydrogens is 588 g/mol. The lowest BCUT2D eigenvalue weighted by atomic mass is 9.95. The van der Waals surface area contributed by atoms with Crippen molar-refractivity contribution in [3.63, 3.8) is 0 Å². The first-order valence-corrected chi connectivity index (χ1v) is 19.7. The van der Waals surface area contributed by atoms with E-state index in [2.05, 4.69) is 27.7 Å². The van der Waals surface area contributed by atoms with Gasteiger partial charge in [-0.3, -0.25) is 28.8 Å². The van der Waals surface area contributed by atoms with Gasteiger partial charge < -0.3 is 0 Å². The van der Waals surface area contributed by atoms with Gasteiger partial charge in [0.2, 0.25) is 0 Å². The molecule has 0 aromatic rings. The molecule has 0 atom stereocenters. The fraction of sp³-hybridized carbons (Fsp3) is 0.854. The molecule has 0 aliphatic heterocycles. The third-order valence-corrected chi connectivity index (χ3v) is 10.0. The number of Topliss-reactive ketones (excluding diaryl/α,β-unsaturated/α-hetero) is 6. The van der Waals surface area contributed by atoms with Crippen LogP contribution in [-0.4, -0.2) is 34.7 Å². The minimum Gasteiger partial charge on any atom is -0.300 e. The van der Waals surface area contributed by atoms with E-state index in [1.165, 1.54) is 38.5 Å². The Kier molecular flexibility index (Phi) is 30.0. The SMILES string of the molecule is CCC(CC)CCCCC(=O)CCCC(=O)CCCCC(=O)CCCC(=O)CCCCC(=O)CCCC(=O)CCCCC(CC)CC. The molecular formula is C41H72O6. The molecule has 0 aromatic carbocycles. The molecule has 0 amide bonds. The monoisotopic (exact) mass is 661 g/mol. The Hall–Kier alpha value is -1.98. The zero-order valence-corrected chi connectivity index (χ0v) is 31.1. The molecule has 0 fully saturated rings. The first-order chi connectivity index (χ1) is 22.6. The van der Waals surface area contributed by atoms with E-state index in [4.69, 9.17) is 0 Å². The molecule has 0 N–H and O–H groups in total. The zero-order chi connectivity index (χ0) is 35.1. The molecule has 0 rings (SSSR count). The van der Waals surface area contributed by atoms with Crippen molar-refractivity contribution in [2.75, 3.05) is 0 Å². The molecule has 0 saturated heterocycles. The van der Waals surface area contributed by atoms with Gasteiger partial charge >= 0.3 is 0 Å². The molecule has 6 nitrogen and oxygen atoms in total. The van der Waals surface area contributed by atoms with Gasteiger partial charge in [0.05, 0.1) is 0 Å². The van der Waals surface area contributed by atoms with Crippen molar-refractivity contribution < 1.29 is 28.8 Å². The minimum absolute atomic E-state index is 0.144. The highest BCUT2D eigenvalue weighted by Gasteiger charge is 2.11. The summed E-state index contributed by atoms with van der Waals surface area (Å²) < 4.78 is 0. The van der Waals surface area contributed by atoms with Crippen molar-refractivity contribution in [3.05, 3.63) is 0 Å². The van der Waals surface area contributed by atoms with Crippen LogP contribution in [-0.2, 0) is 28.8 Å². The van der Waals surface area contributed by atoms with E-state index in [0.717, 1.165) is 37.5 Å². The van der Waals surface area contributed by atoms with Crippen LogP contribution in [0.5, 0.6) is 0 Å². The lowest BCUT2D eigenvalue weighted by Gasteiger charge is -2.11. The molecule has 0 aliphatic rings. The Morgan fingerprint density at radius 2 is 0.447 bits per heavy atom. The highest BCUT2D eigenvalue weighted by Crippen LogP contribution is 2.19. The van der Waals surface area contributed by atoms with Gasteiger partial charge in [-0.1, -0.05) is 79.1 Å². The van der Waals surface area contributed by atoms with Crippen LogP contribution in [0.4, 0.5) is 0 Å². The number of ketones is 6. The van der Waals surface area contributed by atoms with Gasteiger partial charge in [0.25, 0.3) is 0 Å². The topological polar surface area (TPSA) is 102 Å². The normalized spacial score (nSPS) is 11.4. The summed E-state index contributed by atoms with van der Waals surface area (Å²) in [6.45, 7) is 8.90. The lowest BCUT2D eigenvalue weighted by molar-refractivity contribution is -0.122. The number of rotatable bonds is 36. The maximum Gasteiger partial charge on any atom is 0.132 e. The van der Waals surface area contributed by atoms with Crippen LogP contribution in [0.25, 0.3) is 0 Å². The Morgan fingerprint density at radius 3 is 0.638 bits per heavy atom. The van der Waals surface area contributed by atoms with Crippen molar-refractivity contribution in [2.45, 2.75) is 214 Å². The van der Waals surface area contributed by atoms with Crippen LogP contribution in [0.15, 0.2) is 0 Å². The summed E-state index contributed by atoms with van der Waals surface area (Å²) in [6, 6.07) is 0. The second kappa shape index (κ2) is 31.3. The van der Waals surface area contributed by atoms with Gasteiger partial charge in [0.15, 0.2) is 0 Å². The number of hydrogen-bond donors (Lipinski definition) is 0. The summed E-state index contributed by atoms with van der Waals surface area (Å²) in [6.07, 6.45) is 21.7. The molecule has 272 valence electrons. The van der Waals surface area contributed by atoms with Crippen LogP contribution in [0, 0.1) is 11.8 Å². The summed E-state index contributed by atoms with van der Waals surface area (Å²) in [7, 11) is 0. The molecule has 0 aliphatic carbocycles. The van der Waals surface area contributed by atoms with E-state index in [0.29, 0.717) is 122 Å². The van der Waals surface area contributed by atoms with Crippen LogP contribution < -0.4 is 0 Å². The van der Waals surface area contributed by atoms with Gasteiger partial charge in [0, 0.05) is 77.0 Å². The third kappa shape index (κ3) is 28.7. The molecule has 6 heteroatoms. The zero-order valence-electron chi connectivity index (χ0n) is 31.1. The van der Waals surface area contributed by atoms with E-state index < -0.39 is 0 Å². The lowest BCUT2D eigenvalue weighted by Crippen LogP contribution is -2.05. The molecule has 0 radical (unpaired) electrons. The highest BCUT2D eigenvalue weighted by molar-refractivity contribution is 5.83. The largest absolute Gasteiger partial charge is 0.300 e. The Labute approximate surface area is 288 Å². The smallest absolute Gasteiger partial charge is 0.132 e. The quantitative estimate of drug-likeness (QED) is 0.0620. The van der Waals surface area contributed by atoms with Gasteiger partial charge in [-0.15, -0.1) is 0 Å². The molecule has 0 saturated carbocycles. The maximum atomic E-state index is 12.2. The highest BCUT2D eigenvalue weighted by atomic mass is 16.1. The van der Waals surface area contributed by atoms with Gasteiger partial charge in [-0.05, 0) is 69.6 Å². The van der Waals surface area contributed by atoms with E-state index in [-0.39, 0.29) is 34.7 Å². The number of hydrogen-bond acceptors (Lipinski definition) is 6. The van der Waals surface area contributed by atoms with Gasteiger partial charge in [0.1, 0.15) is 34.7 Å². The fourth-order valence-electron chi connectivity index (χ4n) is 6.39. The molecule has 0 spiro atoms. The van der Waals surface area contributed by atoms with E-state index in [1.54, 1.807) is 0 Å². The van der Waals surface area contributed by atoms with Crippen LogP contribution in [0.2, 0.25) is 0 Å². The van der Waals surface area contributed by atoms with Crippen molar-refractivity contribution in [3.8, 4) is 0 Å². The number of unbranched alkanes of at least 4 members (excludes halogenated alkanes) is 4. The Bertz CT molecular complexity index is 797. The van der Waals surface area contributed by atoms with Crippen molar-refractivity contribution >= 4 is 34.7 Å². The van der Waals surface area contributed by atoms with Crippen LogP contribution in [0.3, 0.4) is 0 Å². The summed E-state index contributed by atoms with van der Waals surface area (Å²) >= 11 is 0. The summed E-state index contributed by atoms with van der Waals surface area (Å²) in [4.78, 5) is 72.8. The average Bonchev–Trinajstić information content (AvgIpc) is 3.05. The molecule has 0 unspecified atom stereocenters. The van der Waals surface area contributed by atoms with Crippen molar-refractivity contribution in [2.24, 2.45) is 11.8 Å². The van der Waals surface area contributed by atoms with Crippen LogP contribution in [0.1, 0.15) is 214 Å². The Morgan fingerprint density at radius 1 is 0.277 bits per heavy atom. The maximum absolute atomic E-state index is 12.2. The second-order valence-corrected chi connectivity index (χ2v) is 14.1. The van der Waals surface area contributed by atoms with Crippen molar-refractivity contribution in [1.29, 1.82) is 0 Å².